The molecule has 1 unspecified atom stereocenters. The molecule has 1 amide bonds. The zero-order valence-corrected chi connectivity index (χ0v) is 16.9. The molecule has 152 valence electrons. The average Bonchev–Trinajstić information content (AvgIpc) is 3.11. The number of benzene rings is 1. The molecule has 1 fully saturated rings. The molecule has 1 atom stereocenters. The van der Waals surface area contributed by atoms with Crippen LogP contribution in [-0.4, -0.2) is 43.8 Å². The topological polar surface area (TPSA) is 91.8 Å². The first kappa shape index (κ1) is 18.7. The Morgan fingerprint density at radius 2 is 1.97 bits per heavy atom. The quantitative estimate of drug-likeness (QED) is 0.713. The van der Waals surface area contributed by atoms with Crippen LogP contribution in [0, 0.1) is 6.92 Å². The maximum Gasteiger partial charge on any atom is 0.263 e. The van der Waals surface area contributed by atoms with E-state index >= 15 is 0 Å². The van der Waals surface area contributed by atoms with Crippen molar-refractivity contribution in [1.29, 1.82) is 0 Å². The number of likely N-dealkylation sites (tertiary alicyclic amines) is 1. The average molecular weight is 401 g/mol. The van der Waals surface area contributed by atoms with E-state index in [1.54, 1.807) is 11.8 Å². The van der Waals surface area contributed by atoms with Gasteiger partial charge in [0.1, 0.15) is 11.4 Å². The van der Waals surface area contributed by atoms with E-state index in [1.807, 2.05) is 36.5 Å². The van der Waals surface area contributed by atoms with Crippen LogP contribution >= 0.6 is 0 Å². The van der Waals surface area contributed by atoms with Crippen molar-refractivity contribution in [3.63, 3.8) is 0 Å². The molecule has 0 radical (unpaired) electrons. The van der Waals surface area contributed by atoms with Crippen molar-refractivity contribution in [2.75, 3.05) is 13.1 Å². The largest absolute Gasteiger partial charge is 0.337 e. The van der Waals surface area contributed by atoms with Crippen molar-refractivity contribution in [1.82, 2.24) is 24.8 Å². The number of aryl methyl sites for hydroxylation is 2. The van der Waals surface area contributed by atoms with Crippen LogP contribution in [0.3, 0.4) is 0 Å². The third kappa shape index (κ3) is 3.10. The normalized spacial score (nSPS) is 20.4. The highest BCUT2D eigenvalue weighted by atomic mass is 16.2. The number of rotatable bonds is 2. The summed E-state index contributed by atoms with van der Waals surface area (Å²) in [5.74, 6) is 0.966. The molecule has 2 aromatic heterocycles. The third-order valence-corrected chi connectivity index (χ3v) is 6.29. The van der Waals surface area contributed by atoms with E-state index in [2.05, 4.69) is 15.0 Å². The summed E-state index contributed by atoms with van der Waals surface area (Å²) < 4.78 is 0. The van der Waals surface area contributed by atoms with E-state index in [0.717, 1.165) is 42.8 Å². The molecule has 1 spiro atoms. The number of hydrogen-bond donors (Lipinski definition) is 1. The van der Waals surface area contributed by atoms with Crippen LogP contribution in [0.15, 0.2) is 47.5 Å². The Morgan fingerprint density at radius 1 is 1.13 bits per heavy atom. The van der Waals surface area contributed by atoms with E-state index in [1.165, 1.54) is 11.8 Å². The first-order valence-electron chi connectivity index (χ1n) is 10.3. The van der Waals surface area contributed by atoms with Gasteiger partial charge in [-0.3, -0.25) is 9.59 Å². The molecular weight excluding hydrogens is 378 g/mol. The molecule has 2 aliphatic rings. The zero-order valence-electron chi connectivity index (χ0n) is 16.9. The fraction of sp³-hybridized carbons (Fsp3) is 0.348. The molecule has 7 heteroatoms. The highest BCUT2D eigenvalue weighted by Gasteiger charge is 2.45. The third-order valence-electron chi connectivity index (χ3n) is 6.29. The number of hydrogen-bond acceptors (Lipinski definition) is 5. The van der Waals surface area contributed by atoms with Crippen LogP contribution in [0.1, 0.15) is 46.7 Å². The number of carbonyl (C=O) groups excluding carboxylic acids is 1. The molecule has 1 aliphatic heterocycles. The summed E-state index contributed by atoms with van der Waals surface area (Å²) >= 11 is 0. The fourth-order valence-corrected chi connectivity index (χ4v) is 4.78. The second kappa shape index (κ2) is 7.16. The molecule has 1 N–H and O–H groups in total. The van der Waals surface area contributed by atoms with Crippen molar-refractivity contribution < 1.29 is 4.79 Å². The standard InChI is InChI=1S/C23H23N5O2/c1-15-24-13-18(21(29)26-15)22(30)28-11-5-9-23(14-28)10-8-17-12-25-20(27-19(17)23)16-6-3-2-4-7-16/h2-4,6-7,12-13H,5,8-11,14H2,1H3,(H,24,26,29). The first-order chi connectivity index (χ1) is 14.6. The Labute approximate surface area is 174 Å². The molecule has 0 bridgehead atoms. The van der Waals surface area contributed by atoms with Gasteiger partial charge in [0.25, 0.3) is 11.5 Å². The SMILES string of the molecule is Cc1ncc(C(=O)N2CCCC3(CCc4cnc(-c5ccccc5)nc43)C2)c(=O)[nH]1. The number of fused-ring (bicyclic) bond motifs is 2. The minimum atomic E-state index is -0.382. The summed E-state index contributed by atoms with van der Waals surface area (Å²) in [6.45, 7) is 2.91. The molecule has 0 saturated carbocycles. The van der Waals surface area contributed by atoms with E-state index in [0.29, 0.717) is 18.9 Å². The van der Waals surface area contributed by atoms with Gasteiger partial charge in [0.15, 0.2) is 5.82 Å². The van der Waals surface area contributed by atoms with Crippen molar-refractivity contribution in [2.24, 2.45) is 0 Å². The van der Waals surface area contributed by atoms with Crippen LogP contribution in [0.4, 0.5) is 0 Å². The fourth-order valence-electron chi connectivity index (χ4n) is 4.78. The maximum absolute atomic E-state index is 13.1. The Morgan fingerprint density at radius 3 is 2.77 bits per heavy atom. The summed E-state index contributed by atoms with van der Waals surface area (Å²) in [5, 5.41) is 0. The van der Waals surface area contributed by atoms with Crippen molar-refractivity contribution >= 4 is 5.91 Å². The lowest BCUT2D eigenvalue weighted by atomic mass is 9.77. The highest BCUT2D eigenvalue weighted by molar-refractivity contribution is 5.93. The van der Waals surface area contributed by atoms with E-state index in [4.69, 9.17) is 4.98 Å². The number of aromatic nitrogens is 4. The molecule has 7 nitrogen and oxygen atoms in total. The van der Waals surface area contributed by atoms with Gasteiger partial charge in [0, 0.05) is 36.5 Å². The lowest BCUT2D eigenvalue weighted by Gasteiger charge is -2.40. The van der Waals surface area contributed by atoms with Crippen LogP contribution in [0.5, 0.6) is 0 Å². The van der Waals surface area contributed by atoms with Crippen LogP contribution in [0.25, 0.3) is 11.4 Å². The van der Waals surface area contributed by atoms with Gasteiger partial charge >= 0.3 is 0 Å². The molecule has 1 aromatic carbocycles. The maximum atomic E-state index is 13.1. The first-order valence-corrected chi connectivity index (χ1v) is 10.3. The van der Waals surface area contributed by atoms with Gasteiger partial charge in [-0.2, -0.15) is 0 Å². The van der Waals surface area contributed by atoms with Crippen LogP contribution in [-0.2, 0) is 11.8 Å². The molecular formula is C23H23N5O2. The number of nitrogens with zero attached hydrogens (tertiary/aromatic N) is 4. The van der Waals surface area contributed by atoms with Gasteiger partial charge in [-0.25, -0.2) is 15.0 Å². The summed E-state index contributed by atoms with van der Waals surface area (Å²) in [5.41, 5.74) is 2.75. The van der Waals surface area contributed by atoms with Gasteiger partial charge in [-0.1, -0.05) is 30.3 Å². The summed E-state index contributed by atoms with van der Waals surface area (Å²) in [4.78, 5) is 43.4. The van der Waals surface area contributed by atoms with E-state index in [-0.39, 0.29) is 22.4 Å². The Kier molecular flexibility index (Phi) is 4.46. The molecule has 3 aromatic rings. The number of amides is 1. The van der Waals surface area contributed by atoms with E-state index in [9.17, 15) is 9.59 Å². The van der Waals surface area contributed by atoms with Gasteiger partial charge in [-0.15, -0.1) is 0 Å². The number of piperidine rings is 1. The number of H-pyrrole nitrogens is 1. The summed E-state index contributed by atoms with van der Waals surface area (Å²) in [6, 6.07) is 9.96. The second-order valence-electron chi connectivity index (χ2n) is 8.26. The van der Waals surface area contributed by atoms with Crippen molar-refractivity contribution in [3.05, 3.63) is 75.7 Å². The molecule has 3 heterocycles. The molecule has 5 rings (SSSR count). The van der Waals surface area contributed by atoms with Gasteiger partial charge in [-0.05, 0) is 38.2 Å². The molecule has 1 saturated heterocycles. The predicted octanol–water partition coefficient (Wildman–Crippen LogP) is 2.66. The van der Waals surface area contributed by atoms with Crippen molar-refractivity contribution in [2.45, 2.75) is 38.0 Å². The van der Waals surface area contributed by atoms with Crippen molar-refractivity contribution in [3.8, 4) is 11.4 Å². The Balaban J connectivity index is 1.48. The van der Waals surface area contributed by atoms with Crippen LogP contribution < -0.4 is 5.56 Å². The summed E-state index contributed by atoms with van der Waals surface area (Å²) in [6.07, 6.45) is 7.05. The minimum absolute atomic E-state index is 0.100. The molecule has 30 heavy (non-hydrogen) atoms. The zero-order chi connectivity index (χ0) is 20.7. The van der Waals surface area contributed by atoms with E-state index < -0.39 is 0 Å². The number of aromatic amines is 1. The lowest BCUT2D eigenvalue weighted by Crippen LogP contribution is -2.49. The summed E-state index contributed by atoms with van der Waals surface area (Å²) in [7, 11) is 0. The Bertz CT molecular complexity index is 1170. The number of nitrogens with one attached hydrogen (secondary N) is 1. The lowest BCUT2D eigenvalue weighted by molar-refractivity contribution is 0.0631. The molecule has 1 aliphatic carbocycles. The highest BCUT2D eigenvalue weighted by Crippen LogP contribution is 2.44. The van der Waals surface area contributed by atoms with Crippen LogP contribution in [0.2, 0.25) is 0 Å². The smallest absolute Gasteiger partial charge is 0.263 e. The van der Waals surface area contributed by atoms with Gasteiger partial charge in [0.05, 0.1) is 5.69 Å². The second-order valence-corrected chi connectivity index (χ2v) is 8.26. The predicted molar refractivity (Wildman–Crippen MR) is 112 cm³/mol. The number of carbonyl (C=O) groups is 1. The van der Waals surface area contributed by atoms with Gasteiger partial charge < -0.3 is 9.88 Å². The monoisotopic (exact) mass is 401 g/mol. The van der Waals surface area contributed by atoms with Gasteiger partial charge in [0.2, 0.25) is 0 Å². The Hall–Kier alpha value is -3.35. The minimum Gasteiger partial charge on any atom is -0.337 e.